The molecule has 1 aliphatic heterocycles. The van der Waals surface area contributed by atoms with Gasteiger partial charge in [-0.15, -0.1) is 11.3 Å². The van der Waals surface area contributed by atoms with E-state index in [1.54, 1.807) is 23.1 Å². The van der Waals surface area contributed by atoms with E-state index in [0.29, 0.717) is 27.3 Å². The summed E-state index contributed by atoms with van der Waals surface area (Å²) < 4.78 is 1.91. The first-order chi connectivity index (χ1) is 15.0. The molecule has 0 aliphatic carbocycles. The first kappa shape index (κ1) is 20.5. The number of aliphatic imine (C=N–C) groups is 1. The quantitative estimate of drug-likeness (QED) is 0.250. The summed E-state index contributed by atoms with van der Waals surface area (Å²) in [4.78, 5) is 20.6. The Morgan fingerprint density at radius 3 is 2.48 bits per heavy atom. The second kappa shape index (κ2) is 8.24. The molecule has 1 aliphatic rings. The number of anilines is 1. The molecule has 2 heterocycles. The van der Waals surface area contributed by atoms with Crippen LogP contribution in [0.2, 0.25) is 10.0 Å². The Morgan fingerprint density at radius 2 is 1.74 bits per heavy atom. The second-order valence-electron chi connectivity index (χ2n) is 6.88. The van der Waals surface area contributed by atoms with Gasteiger partial charge in [-0.3, -0.25) is 9.69 Å². The topological polar surface area (TPSA) is 32.7 Å². The van der Waals surface area contributed by atoms with Crippen molar-refractivity contribution < 1.29 is 4.79 Å². The zero-order chi connectivity index (χ0) is 21.5. The fourth-order valence-electron chi connectivity index (χ4n) is 3.40. The maximum Gasteiger partial charge on any atom is 0.282 e. The van der Waals surface area contributed by atoms with Crippen LogP contribution in [-0.4, -0.2) is 11.7 Å². The number of fused-ring (bicyclic) bond motifs is 1. The molecule has 0 saturated heterocycles. The molecule has 0 radical (unpaired) electrons. The highest BCUT2D eigenvalue weighted by Gasteiger charge is 2.35. The highest BCUT2D eigenvalue weighted by atomic mass is 79.9. The highest BCUT2D eigenvalue weighted by molar-refractivity contribution is 9.10. The van der Waals surface area contributed by atoms with Gasteiger partial charge in [0.15, 0.2) is 5.84 Å². The first-order valence-electron chi connectivity index (χ1n) is 9.34. The molecule has 3 nitrogen and oxygen atoms in total. The van der Waals surface area contributed by atoms with E-state index >= 15 is 0 Å². The van der Waals surface area contributed by atoms with E-state index in [-0.39, 0.29) is 5.91 Å². The lowest BCUT2D eigenvalue weighted by Crippen LogP contribution is -2.32. The van der Waals surface area contributed by atoms with Crippen molar-refractivity contribution in [1.29, 1.82) is 0 Å². The van der Waals surface area contributed by atoms with Crippen molar-refractivity contribution in [2.24, 2.45) is 4.99 Å². The van der Waals surface area contributed by atoms with Crippen LogP contribution in [0.15, 0.2) is 88.0 Å². The zero-order valence-corrected chi connectivity index (χ0v) is 19.8. The number of hydrogen-bond acceptors (Lipinski definition) is 3. The standard InChI is InChI=1S/C24H13BrCl2N2OS/c25-15-4-3-5-17(13-15)29-23(22-21(27)18-6-1-2-7-20(18)31-22)28-19(24(29)30)12-14-8-10-16(26)11-9-14/h1-13H/b19-12+. The van der Waals surface area contributed by atoms with Crippen LogP contribution in [0.25, 0.3) is 16.2 Å². The van der Waals surface area contributed by atoms with Gasteiger partial charge in [0.2, 0.25) is 0 Å². The first-order valence-corrected chi connectivity index (χ1v) is 11.7. The summed E-state index contributed by atoms with van der Waals surface area (Å²) in [6, 6.07) is 22.8. The Morgan fingerprint density at radius 1 is 0.968 bits per heavy atom. The van der Waals surface area contributed by atoms with E-state index in [0.717, 1.165) is 25.0 Å². The summed E-state index contributed by atoms with van der Waals surface area (Å²) in [5.41, 5.74) is 1.89. The minimum absolute atomic E-state index is 0.212. The van der Waals surface area contributed by atoms with Crippen LogP contribution in [0, 0.1) is 0 Å². The third-order valence-electron chi connectivity index (χ3n) is 4.84. The van der Waals surface area contributed by atoms with Crippen molar-refractivity contribution in [3.05, 3.63) is 103 Å². The minimum Gasteiger partial charge on any atom is -0.266 e. The van der Waals surface area contributed by atoms with Gasteiger partial charge < -0.3 is 0 Å². The number of halogens is 3. The van der Waals surface area contributed by atoms with E-state index in [1.165, 1.54) is 11.3 Å². The molecular weight excluding hydrogens is 515 g/mol. The predicted molar refractivity (Wildman–Crippen MR) is 134 cm³/mol. The van der Waals surface area contributed by atoms with Crippen LogP contribution >= 0.6 is 50.5 Å². The van der Waals surface area contributed by atoms with Gasteiger partial charge in [0.1, 0.15) is 5.70 Å². The maximum absolute atomic E-state index is 13.5. The average Bonchev–Trinajstić information content (AvgIpc) is 3.27. The third-order valence-corrected chi connectivity index (χ3v) is 7.25. The monoisotopic (exact) mass is 526 g/mol. The SMILES string of the molecule is O=C1/C(=C\c2ccc(Cl)cc2)N=C(c2sc3ccccc3c2Cl)N1c1cccc(Br)c1. The Balaban J connectivity index is 1.69. The fourth-order valence-corrected chi connectivity index (χ4v) is 5.41. The molecule has 152 valence electrons. The number of benzene rings is 3. The fraction of sp³-hybridized carbons (Fsp3) is 0. The van der Waals surface area contributed by atoms with Gasteiger partial charge >= 0.3 is 0 Å². The Kier molecular flexibility index (Phi) is 5.44. The number of thiophene rings is 1. The van der Waals surface area contributed by atoms with Crippen LogP contribution in [0.3, 0.4) is 0 Å². The summed E-state index contributed by atoms with van der Waals surface area (Å²) >= 11 is 17.8. The molecule has 0 saturated carbocycles. The van der Waals surface area contributed by atoms with Crippen molar-refractivity contribution in [3.63, 3.8) is 0 Å². The molecule has 1 amide bonds. The smallest absolute Gasteiger partial charge is 0.266 e. The summed E-state index contributed by atoms with van der Waals surface area (Å²) in [7, 11) is 0. The Hall–Kier alpha value is -2.44. The molecule has 1 aromatic heterocycles. The number of carbonyl (C=O) groups excluding carboxylic acids is 1. The third kappa shape index (κ3) is 3.83. The van der Waals surface area contributed by atoms with Gasteiger partial charge in [-0.25, -0.2) is 4.99 Å². The average molecular weight is 528 g/mol. The van der Waals surface area contributed by atoms with Crippen LogP contribution < -0.4 is 4.90 Å². The number of carbonyl (C=O) groups is 1. The molecule has 4 aromatic rings. The summed E-state index contributed by atoms with van der Waals surface area (Å²) in [6.45, 7) is 0. The van der Waals surface area contributed by atoms with Crippen molar-refractivity contribution >= 4 is 84.1 Å². The van der Waals surface area contributed by atoms with Gasteiger partial charge in [0.25, 0.3) is 5.91 Å². The predicted octanol–water partition coefficient (Wildman–Crippen LogP) is 7.81. The van der Waals surface area contributed by atoms with Crippen LogP contribution in [-0.2, 0) is 4.79 Å². The van der Waals surface area contributed by atoms with Crippen molar-refractivity contribution in [1.82, 2.24) is 0 Å². The van der Waals surface area contributed by atoms with Gasteiger partial charge in [-0.1, -0.05) is 75.5 Å². The molecule has 3 aromatic carbocycles. The minimum atomic E-state index is -0.212. The van der Waals surface area contributed by atoms with Crippen molar-refractivity contribution in [2.45, 2.75) is 0 Å². The maximum atomic E-state index is 13.5. The van der Waals surface area contributed by atoms with Crippen molar-refractivity contribution in [2.75, 3.05) is 4.90 Å². The van der Waals surface area contributed by atoms with E-state index < -0.39 is 0 Å². The second-order valence-corrected chi connectivity index (χ2v) is 9.66. The van der Waals surface area contributed by atoms with Crippen LogP contribution in [0.4, 0.5) is 5.69 Å². The number of nitrogens with zero attached hydrogens (tertiary/aromatic N) is 2. The molecule has 0 spiro atoms. The van der Waals surface area contributed by atoms with Gasteiger partial charge in [-0.05, 0) is 48.0 Å². The summed E-state index contributed by atoms with van der Waals surface area (Å²) in [5.74, 6) is 0.311. The van der Waals surface area contributed by atoms with E-state index in [2.05, 4.69) is 15.9 Å². The number of hydrogen-bond donors (Lipinski definition) is 0. The van der Waals surface area contributed by atoms with Gasteiger partial charge in [-0.2, -0.15) is 0 Å². The molecule has 7 heteroatoms. The normalized spacial score (nSPS) is 15.2. The summed E-state index contributed by atoms with van der Waals surface area (Å²) in [6.07, 6.45) is 1.76. The number of amides is 1. The zero-order valence-electron chi connectivity index (χ0n) is 15.9. The highest BCUT2D eigenvalue weighted by Crippen LogP contribution is 2.39. The molecule has 0 unspecified atom stereocenters. The van der Waals surface area contributed by atoms with Gasteiger partial charge in [0, 0.05) is 19.6 Å². The molecule has 5 rings (SSSR count). The van der Waals surface area contributed by atoms with E-state index in [1.807, 2.05) is 60.7 Å². The lowest BCUT2D eigenvalue weighted by Gasteiger charge is -2.18. The molecule has 0 N–H and O–H groups in total. The lowest BCUT2D eigenvalue weighted by atomic mass is 10.2. The van der Waals surface area contributed by atoms with E-state index in [4.69, 9.17) is 28.2 Å². The largest absolute Gasteiger partial charge is 0.282 e. The molecule has 0 fully saturated rings. The molecule has 0 atom stereocenters. The van der Waals surface area contributed by atoms with Crippen molar-refractivity contribution in [3.8, 4) is 0 Å². The Bertz CT molecular complexity index is 1390. The molecule has 0 bridgehead atoms. The number of rotatable bonds is 3. The van der Waals surface area contributed by atoms with Gasteiger partial charge in [0.05, 0.1) is 15.6 Å². The summed E-state index contributed by atoms with van der Waals surface area (Å²) in [5, 5.41) is 2.18. The van der Waals surface area contributed by atoms with Crippen LogP contribution in [0.1, 0.15) is 10.4 Å². The Labute approximate surface area is 201 Å². The number of amidine groups is 1. The van der Waals surface area contributed by atoms with Crippen LogP contribution in [0.5, 0.6) is 0 Å². The van der Waals surface area contributed by atoms with E-state index in [9.17, 15) is 4.79 Å². The molecular formula is C24H13BrCl2N2OS. The molecule has 31 heavy (non-hydrogen) atoms. The lowest BCUT2D eigenvalue weighted by molar-refractivity contribution is -0.113.